The van der Waals surface area contributed by atoms with E-state index in [1.54, 1.807) is 0 Å². The molecule has 0 fully saturated rings. The molecule has 2 aromatic heterocycles. The highest BCUT2D eigenvalue weighted by atomic mass is 32.1. The van der Waals surface area contributed by atoms with Crippen molar-refractivity contribution in [3.63, 3.8) is 0 Å². The molecule has 0 aliphatic heterocycles. The van der Waals surface area contributed by atoms with Crippen molar-refractivity contribution in [1.82, 2.24) is 14.4 Å². The molecule has 0 atom stereocenters. The molecule has 0 aliphatic rings. The number of unbranched alkanes of at least 4 members (excludes halogenated alkanes) is 4. The first-order valence-corrected chi connectivity index (χ1v) is 14.2. The van der Waals surface area contributed by atoms with E-state index in [9.17, 15) is 0 Å². The highest BCUT2D eigenvalue weighted by molar-refractivity contribution is 7.80. The van der Waals surface area contributed by atoms with Crippen molar-refractivity contribution >= 4 is 30.9 Å². The molecule has 5 aromatic rings. The first-order valence-electron chi connectivity index (χ1n) is 13.6. The zero-order valence-electron chi connectivity index (χ0n) is 21.9. The fraction of sp³-hybridized carbons (Fsp3) is 0.235. The van der Waals surface area contributed by atoms with Gasteiger partial charge in [-0.05, 0) is 47.8 Å². The molecular formula is C34H35N3S. The molecule has 0 bridgehead atoms. The molecule has 192 valence electrons. The van der Waals surface area contributed by atoms with Gasteiger partial charge in [0.2, 0.25) is 0 Å². The third kappa shape index (κ3) is 6.43. The summed E-state index contributed by atoms with van der Waals surface area (Å²) < 4.78 is 2.10. The topological polar surface area (TPSA) is 30.2 Å². The van der Waals surface area contributed by atoms with Crippen LogP contribution in [0.4, 0.5) is 0 Å². The van der Waals surface area contributed by atoms with Crippen LogP contribution in [0.2, 0.25) is 0 Å². The van der Waals surface area contributed by atoms with Crippen LogP contribution in [-0.4, -0.2) is 20.1 Å². The maximum absolute atomic E-state index is 5.06. The molecule has 38 heavy (non-hydrogen) atoms. The second-order valence-electron chi connectivity index (χ2n) is 9.87. The normalized spacial score (nSPS) is 11.9. The highest BCUT2D eigenvalue weighted by Crippen LogP contribution is 2.20. The summed E-state index contributed by atoms with van der Waals surface area (Å²) in [5, 5.41) is 1.75. The lowest BCUT2D eigenvalue weighted by Crippen LogP contribution is -2.25. The summed E-state index contributed by atoms with van der Waals surface area (Å²) in [6, 6.07) is 29.6. The second kappa shape index (κ2) is 12.7. The molecule has 5 rings (SSSR count). The smallest absolute Gasteiger partial charge is 0.160 e. The van der Waals surface area contributed by atoms with Gasteiger partial charge in [0.1, 0.15) is 0 Å². The Balaban J connectivity index is 1.44. The number of rotatable bonds is 11. The standard InChI is InChI=1S/C34H35N3S/c1-26-31(23-29-20-18-27(19-21-29)13-7-3-2-4-12-22-38)36-34-32(24-28-14-8-5-9-15-28)35-33(25-37(26)34)30-16-10-6-11-17-30/h5-6,8-11,14-21,23,25,38H,1-4,7,12-13,22,24H2/b31-23-. The lowest BCUT2D eigenvalue weighted by atomic mass is 10.0. The lowest BCUT2D eigenvalue weighted by Gasteiger charge is -2.08. The van der Waals surface area contributed by atoms with E-state index in [-0.39, 0.29) is 0 Å². The maximum Gasteiger partial charge on any atom is 0.160 e. The Hall–Kier alpha value is -3.63. The van der Waals surface area contributed by atoms with Crippen molar-refractivity contribution in [2.24, 2.45) is 0 Å². The number of aryl methyl sites for hydroxylation is 1. The van der Waals surface area contributed by atoms with Crippen LogP contribution >= 0.6 is 12.6 Å². The van der Waals surface area contributed by atoms with E-state index in [4.69, 9.17) is 9.97 Å². The molecule has 0 saturated carbocycles. The van der Waals surface area contributed by atoms with Gasteiger partial charge in [0, 0.05) is 18.2 Å². The molecule has 0 spiro atoms. The van der Waals surface area contributed by atoms with Crippen LogP contribution in [0.25, 0.3) is 29.6 Å². The van der Waals surface area contributed by atoms with Gasteiger partial charge in [0.05, 0.1) is 22.1 Å². The van der Waals surface area contributed by atoms with Crippen LogP contribution in [0.1, 0.15) is 54.5 Å². The summed E-state index contributed by atoms with van der Waals surface area (Å²) in [6.45, 7) is 4.41. The fourth-order valence-corrected chi connectivity index (χ4v) is 5.08. The van der Waals surface area contributed by atoms with E-state index in [1.165, 1.54) is 43.2 Å². The van der Waals surface area contributed by atoms with Crippen LogP contribution in [0, 0.1) is 0 Å². The maximum atomic E-state index is 5.06. The lowest BCUT2D eigenvalue weighted by molar-refractivity contribution is 0.635. The van der Waals surface area contributed by atoms with Crippen molar-refractivity contribution < 1.29 is 0 Å². The fourth-order valence-electron chi connectivity index (χ4n) is 4.85. The van der Waals surface area contributed by atoms with Crippen LogP contribution in [-0.2, 0) is 12.8 Å². The molecule has 0 amide bonds. The van der Waals surface area contributed by atoms with Gasteiger partial charge in [-0.3, -0.25) is 4.40 Å². The van der Waals surface area contributed by atoms with Crippen LogP contribution in [0.5, 0.6) is 0 Å². The van der Waals surface area contributed by atoms with Crippen LogP contribution < -0.4 is 10.7 Å². The van der Waals surface area contributed by atoms with E-state index in [2.05, 4.69) is 96.5 Å². The van der Waals surface area contributed by atoms with Crippen molar-refractivity contribution in [3.05, 3.63) is 124 Å². The van der Waals surface area contributed by atoms with Gasteiger partial charge in [-0.25, -0.2) is 9.97 Å². The minimum atomic E-state index is 0.713. The molecule has 0 radical (unpaired) electrons. The number of nitrogens with zero attached hydrogens (tertiary/aromatic N) is 3. The van der Waals surface area contributed by atoms with Gasteiger partial charge < -0.3 is 0 Å². The molecule has 3 nitrogen and oxygen atoms in total. The summed E-state index contributed by atoms with van der Waals surface area (Å²) in [6.07, 6.45) is 12.4. The summed E-state index contributed by atoms with van der Waals surface area (Å²) >= 11 is 4.30. The van der Waals surface area contributed by atoms with Gasteiger partial charge in [-0.1, -0.05) is 111 Å². The summed E-state index contributed by atoms with van der Waals surface area (Å²) in [4.78, 5) is 10.1. The number of imidazole rings is 1. The van der Waals surface area contributed by atoms with Gasteiger partial charge in [0.15, 0.2) is 5.65 Å². The third-order valence-corrected chi connectivity index (χ3v) is 7.31. The van der Waals surface area contributed by atoms with Crippen molar-refractivity contribution in [3.8, 4) is 11.3 Å². The summed E-state index contributed by atoms with van der Waals surface area (Å²) in [5.74, 6) is 0.998. The largest absolute Gasteiger partial charge is 0.297 e. The average Bonchev–Trinajstić information content (AvgIpc) is 3.27. The minimum Gasteiger partial charge on any atom is -0.297 e. The first kappa shape index (κ1) is 26.0. The number of hydrogen-bond donors (Lipinski definition) is 1. The Kier molecular flexibility index (Phi) is 8.72. The van der Waals surface area contributed by atoms with E-state index in [1.807, 2.05) is 24.3 Å². The Morgan fingerprint density at radius 1 is 0.737 bits per heavy atom. The number of thiol groups is 1. The van der Waals surface area contributed by atoms with Crippen molar-refractivity contribution in [1.29, 1.82) is 0 Å². The molecule has 2 heterocycles. The molecule has 4 heteroatoms. The van der Waals surface area contributed by atoms with Crippen molar-refractivity contribution in [2.75, 3.05) is 5.75 Å². The number of benzene rings is 3. The highest BCUT2D eigenvalue weighted by Gasteiger charge is 2.12. The summed E-state index contributed by atoms with van der Waals surface area (Å²) in [5.41, 5.74) is 7.56. The van der Waals surface area contributed by atoms with Gasteiger partial charge >= 0.3 is 0 Å². The van der Waals surface area contributed by atoms with Crippen LogP contribution in [0.3, 0.4) is 0 Å². The Labute approximate surface area is 231 Å². The predicted octanol–water partition coefficient (Wildman–Crippen LogP) is 6.65. The van der Waals surface area contributed by atoms with E-state index < -0.39 is 0 Å². The average molecular weight is 518 g/mol. The van der Waals surface area contributed by atoms with Gasteiger partial charge in [-0.2, -0.15) is 12.6 Å². The molecule has 0 unspecified atom stereocenters. The Morgan fingerprint density at radius 2 is 1.42 bits per heavy atom. The quantitative estimate of drug-likeness (QED) is 0.157. The van der Waals surface area contributed by atoms with E-state index in [0.717, 1.165) is 51.0 Å². The SMILES string of the molecule is C=c1/c(=C/c2ccc(CCCCCCCS)cc2)nc2c(Cc3ccccc3)nc(-c3ccccc3)cn12. The Morgan fingerprint density at radius 3 is 2.16 bits per heavy atom. The molecular weight excluding hydrogens is 482 g/mol. The number of fused-ring (bicyclic) bond motifs is 1. The molecule has 0 aliphatic carbocycles. The monoisotopic (exact) mass is 517 g/mol. The zero-order chi connectivity index (χ0) is 26.2. The zero-order valence-corrected chi connectivity index (χ0v) is 22.8. The van der Waals surface area contributed by atoms with E-state index in [0.29, 0.717) is 6.42 Å². The second-order valence-corrected chi connectivity index (χ2v) is 10.3. The number of aromatic nitrogens is 3. The van der Waals surface area contributed by atoms with Crippen molar-refractivity contribution in [2.45, 2.75) is 44.9 Å². The van der Waals surface area contributed by atoms with E-state index >= 15 is 0 Å². The Bertz CT molecular complexity index is 1570. The third-order valence-electron chi connectivity index (χ3n) is 7.00. The van der Waals surface area contributed by atoms with Gasteiger partial charge in [-0.15, -0.1) is 0 Å². The minimum absolute atomic E-state index is 0.713. The van der Waals surface area contributed by atoms with Gasteiger partial charge in [0.25, 0.3) is 0 Å². The number of hydrogen-bond acceptors (Lipinski definition) is 3. The molecule has 3 aromatic carbocycles. The summed E-state index contributed by atoms with van der Waals surface area (Å²) in [7, 11) is 0. The van der Waals surface area contributed by atoms with Crippen LogP contribution in [0.15, 0.2) is 91.1 Å². The predicted molar refractivity (Wildman–Crippen MR) is 163 cm³/mol. The first-order chi connectivity index (χ1) is 18.7. The molecule has 0 N–H and O–H groups in total. The molecule has 0 saturated heterocycles.